The molecule has 1 fully saturated rings. The van der Waals surface area contributed by atoms with E-state index in [1.54, 1.807) is 7.11 Å². The summed E-state index contributed by atoms with van der Waals surface area (Å²) < 4.78 is 5.42. The molecule has 1 saturated carbocycles. The summed E-state index contributed by atoms with van der Waals surface area (Å²) in [6, 6.07) is 0.464. The third-order valence-corrected chi connectivity index (χ3v) is 3.78. The van der Waals surface area contributed by atoms with Crippen LogP contribution in [0.15, 0.2) is 0 Å². The Morgan fingerprint density at radius 2 is 2.06 bits per heavy atom. The van der Waals surface area contributed by atoms with E-state index in [4.69, 9.17) is 9.84 Å². The van der Waals surface area contributed by atoms with E-state index in [1.165, 1.54) is 12.8 Å². The zero-order valence-corrected chi connectivity index (χ0v) is 11.2. The van der Waals surface area contributed by atoms with Crippen molar-refractivity contribution in [3.05, 3.63) is 0 Å². The smallest absolute Gasteiger partial charge is 0.0637 e. The Morgan fingerprint density at radius 1 is 1.44 bits per heavy atom. The Kier molecular flexibility index (Phi) is 4.77. The third-order valence-electron chi connectivity index (χ3n) is 3.78. The van der Waals surface area contributed by atoms with Crippen molar-refractivity contribution >= 4 is 0 Å². The minimum Gasteiger partial charge on any atom is -0.396 e. The van der Waals surface area contributed by atoms with Gasteiger partial charge in [0.05, 0.1) is 5.60 Å². The molecular formula is C13H27NO2. The van der Waals surface area contributed by atoms with E-state index in [2.05, 4.69) is 26.1 Å². The fraction of sp³-hybridized carbons (Fsp3) is 1.00. The van der Waals surface area contributed by atoms with E-state index >= 15 is 0 Å². The van der Waals surface area contributed by atoms with Crippen LogP contribution in [0.5, 0.6) is 0 Å². The average molecular weight is 229 g/mol. The molecule has 0 aliphatic heterocycles. The van der Waals surface area contributed by atoms with Gasteiger partial charge >= 0.3 is 0 Å². The summed E-state index contributed by atoms with van der Waals surface area (Å²) in [7, 11) is 1.76. The Labute approximate surface area is 99.6 Å². The van der Waals surface area contributed by atoms with Crippen LogP contribution in [-0.4, -0.2) is 37.0 Å². The van der Waals surface area contributed by atoms with E-state index in [0.717, 1.165) is 19.4 Å². The van der Waals surface area contributed by atoms with Crippen molar-refractivity contribution in [3.8, 4) is 0 Å². The molecule has 2 N–H and O–H groups in total. The van der Waals surface area contributed by atoms with Crippen molar-refractivity contribution < 1.29 is 9.84 Å². The number of ether oxygens (including phenoxy) is 1. The maximum absolute atomic E-state index is 8.98. The van der Waals surface area contributed by atoms with E-state index in [-0.39, 0.29) is 5.60 Å². The molecule has 1 unspecified atom stereocenters. The molecule has 96 valence electrons. The van der Waals surface area contributed by atoms with Gasteiger partial charge in [-0.25, -0.2) is 0 Å². The topological polar surface area (TPSA) is 41.5 Å². The van der Waals surface area contributed by atoms with Gasteiger partial charge in [-0.3, -0.25) is 0 Å². The van der Waals surface area contributed by atoms with Crippen LogP contribution in [0.25, 0.3) is 0 Å². The van der Waals surface area contributed by atoms with Crippen LogP contribution in [0.2, 0.25) is 0 Å². The first-order valence-corrected chi connectivity index (χ1v) is 6.32. The molecule has 3 heteroatoms. The molecule has 1 rings (SSSR count). The molecule has 1 atom stereocenters. The number of aliphatic hydroxyl groups is 1. The van der Waals surface area contributed by atoms with Gasteiger partial charge in [0.2, 0.25) is 0 Å². The van der Waals surface area contributed by atoms with Crippen molar-refractivity contribution in [2.24, 2.45) is 5.41 Å². The quantitative estimate of drug-likeness (QED) is 0.668. The van der Waals surface area contributed by atoms with Crippen molar-refractivity contribution in [1.29, 1.82) is 0 Å². The van der Waals surface area contributed by atoms with Gasteiger partial charge in [0, 0.05) is 26.3 Å². The zero-order valence-electron chi connectivity index (χ0n) is 11.2. The number of methoxy groups -OCH3 is 1. The highest BCUT2D eigenvalue weighted by atomic mass is 16.5. The van der Waals surface area contributed by atoms with Crippen molar-refractivity contribution in [3.63, 3.8) is 0 Å². The fourth-order valence-corrected chi connectivity index (χ4v) is 2.21. The van der Waals surface area contributed by atoms with E-state index in [1.807, 2.05) is 0 Å². The highest BCUT2D eigenvalue weighted by molar-refractivity contribution is 4.95. The summed E-state index contributed by atoms with van der Waals surface area (Å²) in [4.78, 5) is 0. The lowest BCUT2D eigenvalue weighted by Crippen LogP contribution is -2.38. The molecule has 0 aromatic heterocycles. The van der Waals surface area contributed by atoms with Crippen LogP contribution in [0.3, 0.4) is 0 Å². The van der Waals surface area contributed by atoms with Crippen LogP contribution in [0.4, 0.5) is 0 Å². The summed E-state index contributed by atoms with van der Waals surface area (Å²) >= 11 is 0. The van der Waals surface area contributed by atoms with Crippen LogP contribution in [-0.2, 0) is 4.74 Å². The van der Waals surface area contributed by atoms with E-state index < -0.39 is 0 Å². The van der Waals surface area contributed by atoms with Gasteiger partial charge in [-0.15, -0.1) is 0 Å². The molecule has 1 aliphatic rings. The van der Waals surface area contributed by atoms with Crippen LogP contribution in [0.1, 0.15) is 46.5 Å². The second kappa shape index (κ2) is 5.48. The summed E-state index contributed by atoms with van der Waals surface area (Å²) in [5.41, 5.74) is 0.348. The Hall–Kier alpha value is -0.120. The summed E-state index contributed by atoms with van der Waals surface area (Å²) in [6.07, 6.45) is 4.49. The molecule has 16 heavy (non-hydrogen) atoms. The van der Waals surface area contributed by atoms with Gasteiger partial charge in [-0.1, -0.05) is 0 Å². The minimum atomic E-state index is -0.0554. The lowest BCUT2D eigenvalue weighted by molar-refractivity contribution is 0.00810. The molecule has 0 radical (unpaired) electrons. The lowest BCUT2D eigenvalue weighted by Gasteiger charge is -2.28. The number of hydrogen-bond acceptors (Lipinski definition) is 3. The summed E-state index contributed by atoms with van der Waals surface area (Å²) in [6.45, 7) is 7.79. The molecule has 3 nitrogen and oxygen atoms in total. The van der Waals surface area contributed by atoms with Crippen LogP contribution >= 0.6 is 0 Å². The van der Waals surface area contributed by atoms with Crippen molar-refractivity contribution in [1.82, 2.24) is 5.32 Å². The van der Waals surface area contributed by atoms with Gasteiger partial charge in [-0.05, 0) is 51.9 Å². The van der Waals surface area contributed by atoms with Gasteiger partial charge < -0.3 is 15.2 Å². The first-order chi connectivity index (χ1) is 7.43. The number of rotatable bonds is 8. The standard InChI is InChI=1S/C13H27NO2/c1-11(9-12(2,3)16-4)14-10-13(5-6-13)7-8-15/h11,14-15H,5-10H2,1-4H3. The fourth-order valence-electron chi connectivity index (χ4n) is 2.21. The second-order valence-electron chi connectivity index (χ2n) is 5.92. The number of nitrogens with one attached hydrogen (secondary N) is 1. The molecular weight excluding hydrogens is 202 g/mol. The second-order valence-corrected chi connectivity index (χ2v) is 5.92. The lowest BCUT2D eigenvalue weighted by atomic mass is 9.98. The predicted octanol–water partition coefficient (Wildman–Crippen LogP) is 1.94. The number of hydrogen-bond donors (Lipinski definition) is 2. The first-order valence-electron chi connectivity index (χ1n) is 6.32. The molecule has 0 saturated heterocycles. The highest BCUT2D eigenvalue weighted by Gasteiger charge is 2.41. The normalized spacial score (nSPS) is 20.8. The van der Waals surface area contributed by atoms with Crippen LogP contribution < -0.4 is 5.32 Å². The summed E-state index contributed by atoms with van der Waals surface area (Å²) in [5.74, 6) is 0. The van der Waals surface area contributed by atoms with Gasteiger partial charge in [0.25, 0.3) is 0 Å². The Balaban J connectivity index is 2.22. The summed E-state index contributed by atoms with van der Waals surface area (Å²) in [5, 5.41) is 12.6. The largest absolute Gasteiger partial charge is 0.396 e. The molecule has 0 aromatic rings. The highest BCUT2D eigenvalue weighted by Crippen LogP contribution is 2.48. The monoisotopic (exact) mass is 229 g/mol. The van der Waals surface area contributed by atoms with Crippen molar-refractivity contribution in [2.45, 2.75) is 58.1 Å². The van der Waals surface area contributed by atoms with E-state index in [0.29, 0.717) is 18.1 Å². The number of aliphatic hydroxyl groups excluding tert-OH is 1. The zero-order chi connectivity index (χ0) is 12.2. The average Bonchev–Trinajstić information content (AvgIpc) is 2.96. The Morgan fingerprint density at radius 3 is 2.50 bits per heavy atom. The maximum atomic E-state index is 8.98. The predicted molar refractivity (Wildman–Crippen MR) is 66.5 cm³/mol. The maximum Gasteiger partial charge on any atom is 0.0637 e. The molecule has 0 bridgehead atoms. The third kappa shape index (κ3) is 4.40. The van der Waals surface area contributed by atoms with Gasteiger partial charge in [0.1, 0.15) is 0 Å². The van der Waals surface area contributed by atoms with Gasteiger partial charge in [-0.2, -0.15) is 0 Å². The molecule has 0 amide bonds. The molecule has 1 aliphatic carbocycles. The van der Waals surface area contributed by atoms with Crippen molar-refractivity contribution in [2.75, 3.05) is 20.3 Å². The Bertz CT molecular complexity index is 212. The van der Waals surface area contributed by atoms with E-state index in [9.17, 15) is 0 Å². The molecule has 0 spiro atoms. The van der Waals surface area contributed by atoms with Gasteiger partial charge in [0.15, 0.2) is 0 Å². The first kappa shape index (κ1) is 13.9. The molecule has 0 aromatic carbocycles. The molecule has 0 heterocycles. The SMILES string of the molecule is COC(C)(C)CC(C)NCC1(CCO)CC1. The minimum absolute atomic E-state index is 0.0554. The van der Waals surface area contributed by atoms with Crippen LogP contribution in [0, 0.1) is 5.41 Å².